The number of benzene rings is 2. The Hall–Kier alpha value is -2.87. The van der Waals surface area contributed by atoms with Crippen LogP contribution >= 0.6 is 34.5 Å². The van der Waals surface area contributed by atoms with Gasteiger partial charge in [-0.1, -0.05) is 52.7 Å². The van der Waals surface area contributed by atoms with Gasteiger partial charge < -0.3 is 9.47 Å². The molecule has 2 heterocycles. The van der Waals surface area contributed by atoms with Crippen molar-refractivity contribution in [1.82, 2.24) is 4.57 Å². The Kier molecular flexibility index (Phi) is 7.26. The SMILES string of the molecule is CCOC(=O)C1=C(C)N=c2s/c(=C\c3ccc(Cl)c(Cl)c3)c(=O)n2C1c1ccc(OCC)cc1. The van der Waals surface area contributed by atoms with Crippen LogP contribution in [0.3, 0.4) is 0 Å². The Morgan fingerprint density at radius 2 is 1.85 bits per heavy atom. The summed E-state index contributed by atoms with van der Waals surface area (Å²) in [6.45, 7) is 6.16. The van der Waals surface area contributed by atoms with Crippen molar-refractivity contribution in [3.63, 3.8) is 0 Å². The first-order valence-corrected chi connectivity index (χ1v) is 12.3. The average Bonchev–Trinajstić information content (AvgIpc) is 3.10. The number of hydrogen-bond donors (Lipinski definition) is 0. The average molecular weight is 517 g/mol. The summed E-state index contributed by atoms with van der Waals surface area (Å²) in [6, 6.07) is 11.8. The van der Waals surface area contributed by atoms with Crippen LogP contribution in [-0.4, -0.2) is 23.8 Å². The molecule has 0 aliphatic carbocycles. The molecule has 1 aromatic heterocycles. The standard InChI is InChI=1S/C25H22Cl2N2O4S/c1-4-32-17-9-7-16(8-10-17)22-21(24(31)33-5-2)14(3)28-25-29(22)23(30)20(34-25)13-15-6-11-18(26)19(27)12-15/h6-13,22H,4-5H2,1-3H3/b20-13-. The van der Waals surface area contributed by atoms with E-state index in [0.717, 1.165) is 11.1 Å². The maximum atomic E-state index is 13.6. The Morgan fingerprint density at radius 1 is 1.12 bits per heavy atom. The Bertz CT molecular complexity index is 1460. The van der Waals surface area contributed by atoms with Crippen molar-refractivity contribution in [3.05, 3.63) is 94.6 Å². The third-order valence-electron chi connectivity index (χ3n) is 5.27. The fourth-order valence-corrected chi connectivity index (χ4v) is 5.13. The van der Waals surface area contributed by atoms with Crippen molar-refractivity contribution in [2.75, 3.05) is 13.2 Å². The molecule has 1 aliphatic rings. The number of thiazole rings is 1. The summed E-state index contributed by atoms with van der Waals surface area (Å²) in [5, 5.41) is 0.835. The van der Waals surface area contributed by atoms with Crippen LogP contribution in [0.5, 0.6) is 5.75 Å². The van der Waals surface area contributed by atoms with Crippen LogP contribution in [0.25, 0.3) is 6.08 Å². The molecule has 6 nitrogen and oxygen atoms in total. The molecule has 3 aromatic rings. The normalized spacial score (nSPS) is 15.7. The summed E-state index contributed by atoms with van der Waals surface area (Å²) in [6.07, 6.45) is 1.74. The molecular formula is C25H22Cl2N2O4S. The summed E-state index contributed by atoms with van der Waals surface area (Å²) in [5.41, 5.74) is 2.07. The van der Waals surface area contributed by atoms with Gasteiger partial charge in [0, 0.05) is 0 Å². The number of carbonyl (C=O) groups excluding carboxylic acids is 1. The van der Waals surface area contributed by atoms with E-state index in [-0.39, 0.29) is 12.2 Å². The molecule has 0 saturated carbocycles. The lowest BCUT2D eigenvalue weighted by Crippen LogP contribution is -2.39. The highest BCUT2D eigenvalue weighted by molar-refractivity contribution is 7.07. The summed E-state index contributed by atoms with van der Waals surface area (Å²) in [5.74, 6) is 0.207. The molecule has 0 spiro atoms. The molecule has 0 bridgehead atoms. The lowest BCUT2D eigenvalue weighted by atomic mass is 9.96. The smallest absolute Gasteiger partial charge is 0.338 e. The van der Waals surface area contributed by atoms with Crippen LogP contribution in [0, 0.1) is 0 Å². The van der Waals surface area contributed by atoms with Gasteiger partial charge in [-0.3, -0.25) is 9.36 Å². The lowest BCUT2D eigenvalue weighted by molar-refractivity contribution is -0.139. The zero-order valence-electron chi connectivity index (χ0n) is 18.8. The van der Waals surface area contributed by atoms with E-state index in [4.69, 9.17) is 32.7 Å². The van der Waals surface area contributed by atoms with E-state index < -0.39 is 12.0 Å². The third kappa shape index (κ3) is 4.69. The summed E-state index contributed by atoms with van der Waals surface area (Å²) in [7, 11) is 0. The molecule has 9 heteroatoms. The van der Waals surface area contributed by atoms with E-state index in [1.807, 2.05) is 31.2 Å². The second-order valence-corrected chi connectivity index (χ2v) is 9.30. The molecule has 4 rings (SSSR count). The molecule has 1 unspecified atom stereocenters. The maximum Gasteiger partial charge on any atom is 0.338 e. The van der Waals surface area contributed by atoms with Crippen molar-refractivity contribution in [2.24, 2.45) is 4.99 Å². The van der Waals surface area contributed by atoms with Crippen LogP contribution in [-0.2, 0) is 9.53 Å². The monoisotopic (exact) mass is 516 g/mol. The first-order chi connectivity index (χ1) is 16.3. The highest BCUT2D eigenvalue weighted by Crippen LogP contribution is 2.31. The Labute approximate surface area is 210 Å². The van der Waals surface area contributed by atoms with Crippen molar-refractivity contribution in [1.29, 1.82) is 0 Å². The van der Waals surface area contributed by atoms with Crippen LogP contribution in [0.2, 0.25) is 10.0 Å². The van der Waals surface area contributed by atoms with E-state index in [9.17, 15) is 9.59 Å². The van der Waals surface area contributed by atoms with Gasteiger partial charge in [0.05, 0.1) is 45.1 Å². The molecule has 34 heavy (non-hydrogen) atoms. The minimum absolute atomic E-state index is 0.216. The first kappa shape index (κ1) is 24.3. The predicted molar refractivity (Wildman–Crippen MR) is 134 cm³/mol. The number of hydrogen-bond acceptors (Lipinski definition) is 6. The molecule has 0 saturated heterocycles. The zero-order valence-corrected chi connectivity index (χ0v) is 21.1. The van der Waals surface area contributed by atoms with Gasteiger partial charge in [0.15, 0.2) is 4.80 Å². The van der Waals surface area contributed by atoms with Gasteiger partial charge in [0.25, 0.3) is 5.56 Å². The molecule has 0 radical (unpaired) electrons. The second kappa shape index (κ2) is 10.2. The lowest BCUT2D eigenvalue weighted by Gasteiger charge is -2.24. The largest absolute Gasteiger partial charge is 0.494 e. The van der Waals surface area contributed by atoms with Gasteiger partial charge in [-0.2, -0.15) is 0 Å². The number of halogens is 2. The van der Waals surface area contributed by atoms with Gasteiger partial charge in [-0.25, -0.2) is 9.79 Å². The van der Waals surface area contributed by atoms with E-state index >= 15 is 0 Å². The quantitative estimate of drug-likeness (QED) is 0.452. The number of esters is 1. The van der Waals surface area contributed by atoms with Crippen molar-refractivity contribution < 1.29 is 14.3 Å². The number of fused-ring (bicyclic) bond motifs is 1. The second-order valence-electron chi connectivity index (χ2n) is 7.48. The van der Waals surface area contributed by atoms with E-state index in [1.165, 1.54) is 11.3 Å². The number of ether oxygens (including phenoxy) is 2. The topological polar surface area (TPSA) is 69.9 Å². The fraction of sp³-hybridized carbons (Fsp3) is 0.240. The van der Waals surface area contributed by atoms with E-state index in [1.54, 1.807) is 42.7 Å². The molecule has 1 atom stereocenters. The van der Waals surface area contributed by atoms with E-state index in [0.29, 0.717) is 43.0 Å². The molecular weight excluding hydrogens is 495 g/mol. The van der Waals surface area contributed by atoms with Gasteiger partial charge in [0.2, 0.25) is 0 Å². The number of aromatic nitrogens is 1. The van der Waals surface area contributed by atoms with Gasteiger partial charge in [0.1, 0.15) is 5.75 Å². The van der Waals surface area contributed by atoms with Crippen LogP contribution in [0.4, 0.5) is 0 Å². The number of rotatable bonds is 6. The number of carbonyl (C=O) groups is 1. The van der Waals surface area contributed by atoms with Crippen molar-refractivity contribution >= 4 is 46.6 Å². The van der Waals surface area contributed by atoms with E-state index in [2.05, 4.69) is 4.99 Å². The summed E-state index contributed by atoms with van der Waals surface area (Å²) in [4.78, 5) is 31.6. The molecule has 1 aliphatic heterocycles. The summed E-state index contributed by atoms with van der Waals surface area (Å²) < 4.78 is 12.9. The minimum atomic E-state index is -0.679. The number of allylic oxidation sites excluding steroid dienone is 1. The zero-order chi connectivity index (χ0) is 24.4. The fourth-order valence-electron chi connectivity index (χ4n) is 3.77. The highest BCUT2D eigenvalue weighted by Gasteiger charge is 2.33. The Morgan fingerprint density at radius 3 is 2.50 bits per heavy atom. The molecule has 0 amide bonds. The number of nitrogens with zero attached hydrogens (tertiary/aromatic N) is 2. The molecule has 176 valence electrons. The van der Waals surface area contributed by atoms with Crippen molar-refractivity contribution in [2.45, 2.75) is 26.8 Å². The highest BCUT2D eigenvalue weighted by atomic mass is 35.5. The van der Waals surface area contributed by atoms with Crippen LogP contribution in [0.15, 0.2) is 63.5 Å². The molecule has 2 aromatic carbocycles. The predicted octanol–water partition coefficient (Wildman–Crippen LogP) is 4.50. The maximum absolute atomic E-state index is 13.6. The summed E-state index contributed by atoms with van der Waals surface area (Å²) >= 11 is 13.4. The van der Waals surface area contributed by atoms with Gasteiger partial charge in [-0.15, -0.1) is 0 Å². The van der Waals surface area contributed by atoms with Gasteiger partial charge >= 0.3 is 5.97 Å². The molecule has 0 fully saturated rings. The first-order valence-electron chi connectivity index (χ1n) is 10.7. The minimum Gasteiger partial charge on any atom is -0.494 e. The molecule has 0 N–H and O–H groups in total. The van der Waals surface area contributed by atoms with Crippen LogP contribution in [0.1, 0.15) is 37.9 Å². The third-order valence-corrected chi connectivity index (χ3v) is 6.99. The Balaban J connectivity index is 1.91. The van der Waals surface area contributed by atoms with Crippen molar-refractivity contribution in [3.8, 4) is 5.75 Å². The van der Waals surface area contributed by atoms with Crippen LogP contribution < -0.4 is 19.6 Å². The van der Waals surface area contributed by atoms with Gasteiger partial charge in [-0.05, 0) is 62.2 Å².